The van der Waals surface area contributed by atoms with Crippen LogP contribution in [-0.4, -0.2) is 38.5 Å². The molecule has 0 aliphatic rings. The number of pyridine rings is 1. The lowest BCUT2D eigenvalue weighted by Gasteiger charge is -2.20. The summed E-state index contributed by atoms with van der Waals surface area (Å²) in [5, 5.41) is 31.4. The number of carboxylic acid groups (broad SMARTS) is 1. The minimum Gasteiger partial charge on any atom is -0.481 e. The second-order valence-electron chi connectivity index (χ2n) is 16.7. The Kier molecular flexibility index (Phi) is 16.3. The highest BCUT2D eigenvalue weighted by Gasteiger charge is 2.23. The molecule has 6 rings (SSSR count). The van der Waals surface area contributed by atoms with Crippen molar-refractivity contribution in [3.8, 4) is 0 Å². The summed E-state index contributed by atoms with van der Waals surface area (Å²) in [6.07, 6.45) is 2.62. The number of rotatable bonds is 18. The van der Waals surface area contributed by atoms with Gasteiger partial charge in [-0.2, -0.15) is 0 Å². The molecule has 3 N–H and O–H groups in total. The van der Waals surface area contributed by atoms with E-state index in [1.807, 2.05) is 12.3 Å². The van der Waals surface area contributed by atoms with E-state index < -0.39 is 24.6 Å². The Morgan fingerprint density at radius 3 is 1.38 bits per heavy atom. The van der Waals surface area contributed by atoms with Gasteiger partial charge in [0.2, 0.25) is 0 Å². The maximum atomic E-state index is 11.2. The first kappa shape index (κ1) is 46.5. The Hall–Kier alpha value is -3.96. The Morgan fingerprint density at radius 2 is 0.967 bits per heavy atom. The number of benzene rings is 5. The second kappa shape index (κ2) is 21.4. The molecule has 0 fully saturated rings. The average Bonchev–Trinajstić information content (AvgIpc) is 3.22. The fourth-order valence-corrected chi connectivity index (χ4v) is 11.1. The zero-order chi connectivity index (χ0) is 43.8. The smallest absolute Gasteiger partial charge is 0.305 e. The highest BCUT2D eigenvalue weighted by Crippen LogP contribution is 2.51. The maximum Gasteiger partial charge on any atom is 0.305 e. The molecular weight excluding hydrogens is 831 g/mol. The molecule has 1 aromatic heterocycles. The van der Waals surface area contributed by atoms with Crippen LogP contribution in [-0.2, 0) is 4.79 Å². The third kappa shape index (κ3) is 12.6. The van der Waals surface area contributed by atoms with Crippen molar-refractivity contribution in [1.82, 2.24) is 4.98 Å². The number of carbonyl (C=O) groups is 1. The predicted molar refractivity (Wildman–Crippen MR) is 258 cm³/mol. The molecule has 0 radical (unpaired) electrons. The van der Waals surface area contributed by atoms with Crippen molar-refractivity contribution in [1.29, 1.82) is 0 Å². The number of aromatic nitrogens is 1. The standard InChI is InChI=1S/C52H57NO4S4/c1-31(2)35-10-19-42(20-11-35)58-47-29-46-49(52(61-45-25-16-38(17-26-45)34(7)8)51(47)60-44-23-14-37(15-24-44)33(5)6)53-30-39(9-18-40(54)27-41(55)28-48(56)57)50(46)59-43-21-12-36(13-22-43)32(3)4/h9-26,29-34,40-41,54-55H,27-28H2,1-8H3,(H,56,57)/b18-9+/t40-,41-/m1/s1. The van der Waals surface area contributed by atoms with Gasteiger partial charge in [0.05, 0.1) is 29.0 Å². The van der Waals surface area contributed by atoms with Gasteiger partial charge >= 0.3 is 5.97 Å². The first-order valence-corrected chi connectivity index (χ1v) is 24.3. The van der Waals surface area contributed by atoms with Crippen LogP contribution in [0.4, 0.5) is 0 Å². The van der Waals surface area contributed by atoms with Crippen LogP contribution in [0.3, 0.4) is 0 Å². The second-order valence-corrected chi connectivity index (χ2v) is 21.1. The molecule has 318 valence electrons. The van der Waals surface area contributed by atoms with Crippen molar-refractivity contribution in [2.75, 3.05) is 0 Å². The first-order chi connectivity index (χ1) is 29.1. The van der Waals surface area contributed by atoms with E-state index in [4.69, 9.17) is 4.98 Å². The molecule has 5 nitrogen and oxygen atoms in total. The Morgan fingerprint density at radius 1 is 0.574 bits per heavy atom. The number of nitrogens with zero attached hydrogens (tertiary/aromatic N) is 1. The van der Waals surface area contributed by atoms with E-state index >= 15 is 0 Å². The third-order valence-corrected chi connectivity index (χ3v) is 15.2. The number of hydrogen-bond donors (Lipinski definition) is 3. The summed E-state index contributed by atoms with van der Waals surface area (Å²) in [6, 6.07) is 37.7. The van der Waals surface area contributed by atoms with Gasteiger partial charge in [0.1, 0.15) is 0 Å². The number of aliphatic hydroxyl groups is 2. The topological polar surface area (TPSA) is 90.7 Å². The van der Waals surface area contributed by atoms with Gasteiger partial charge in [0.25, 0.3) is 0 Å². The Labute approximate surface area is 379 Å². The molecule has 2 atom stereocenters. The van der Waals surface area contributed by atoms with Gasteiger partial charge < -0.3 is 15.3 Å². The van der Waals surface area contributed by atoms with E-state index in [-0.39, 0.29) is 6.42 Å². The number of hydrogen-bond acceptors (Lipinski definition) is 8. The van der Waals surface area contributed by atoms with Crippen LogP contribution in [0.5, 0.6) is 0 Å². The predicted octanol–water partition coefficient (Wildman–Crippen LogP) is 14.9. The molecular formula is C52H57NO4S4. The van der Waals surface area contributed by atoms with Crippen LogP contribution in [0, 0.1) is 0 Å². The molecule has 0 unspecified atom stereocenters. The number of aliphatic carboxylic acids is 1. The fraction of sp³-hybridized carbons (Fsp3) is 0.308. The van der Waals surface area contributed by atoms with Crippen molar-refractivity contribution in [3.63, 3.8) is 0 Å². The Balaban J connectivity index is 1.59. The molecule has 5 aromatic carbocycles. The lowest BCUT2D eigenvalue weighted by atomic mass is 10.0. The summed E-state index contributed by atoms with van der Waals surface area (Å²) < 4.78 is 0. The normalized spacial score (nSPS) is 13.0. The van der Waals surface area contributed by atoms with Gasteiger partial charge in [-0.15, -0.1) is 0 Å². The van der Waals surface area contributed by atoms with Gasteiger partial charge in [0.15, 0.2) is 0 Å². The van der Waals surface area contributed by atoms with Gasteiger partial charge in [-0.05, 0) is 101 Å². The van der Waals surface area contributed by atoms with E-state index in [0.717, 1.165) is 55.6 Å². The van der Waals surface area contributed by atoms with Crippen LogP contribution >= 0.6 is 47.0 Å². The third-order valence-electron chi connectivity index (χ3n) is 10.5. The summed E-state index contributed by atoms with van der Waals surface area (Å²) in [5.41, 5.74) is 6.85. The van der Waals surface area contributed by atoms with Crippen molar-refractivity contribution in [2.24, 2.45) is 0 Å². The van der Waals surface area contributed by atoms with Crippen molar-refractivity contribution < 1.29 is 20.1 Å². The highest BCUT2D eigenvalue weighted by molar-refractivity contribution is 8.04. The molecule has 1 heterocycles. The molecule has 0 spiro atoms. The van der Waals surface area contributed by atoms with Gasteiger partial charge in [-0.1, -0.05) is 163 Å². The molecule has 9 heteroatoms. The number of carboxylic acids is 1. The van der Waals surface area contributed by atoms with Crippen molar-refractivity contribution in [3.05, 3.63) is 143 Å². The molecule has 0 amide bonds. The minimum absolute atomic E-state index is 0.0888. The molecule has 6 aromatic rings. The molecule has 0 saturated carbocycles. The summed E-state index contributed by atoms with van der Waals surface area (Å²) in [5.74, 6) is 0.570. The number of fused-ring (bicyclic) bond motifs is 1. The van der Waals surface area contributed by atoms with Crippen molar-refractivity contribution in [2.45, 2.75) is 143 Å². The van der Waals surface area contributed by atoms with Crippen LogP contribution in [0.1, 0.15) is 120 Å². The first-order valence-electron chi connectivity index (χ1n) is 21.0. The summed E-state index contributed by atoms with van der Waals surface area (Å²) in [6.45, 7) is 17.7. The minimum atomic E-state index is -1.17. The van der Waals surface area contributed by atoms with Gasteiger partial charge in [0, 0.05) is 57.8 Å². The monoisotopic (exact) mass is 887 g/mol. The molecule has 61 heavy (non-hydrogen) atoms. The lowest BCUT2D eigenvalue weighted by Crippen LogP contribution is -2.19. The molecule has 0 bridgehead atoms. The Bertz CT molecular complexity index is 2430. The number of aliphatic hydroxyl groups excluding tert-OH is 2. The van der Waals surface area contributed by atoms with Crippen LogP contribution in [0.15, 0.2) is 155 Å². The lowest BCUT2D eigenvalue weighted by molar-refractivity contribution is -0.139. The van der Waals surface area contributed by atoms with E-state index in [2.05, 4.69) is 159 Å². The zero-order valence-corrected chi connectivity index (χ0v) is 39.5. The summed E-state index contributed by atoms with van der Waals surface area (Å²) in [4.78, 5) is 25.3. The SMILES string of the molecule is CC(C)c1ccc(Sc2cc3c(Sc4ccc(C(C)C)cc4)c(/C=C/[C@@H](O)C[C@@H](O)CC(=O)O)cnc3c(Sc3ccc(C(C)C)cc3)c2Sc2ccc(C(C)C)cc2)cc1. The van der Waals surface area contributed by atoms with Gasteiger partial charge in [-0.25, -0.2) is 0 Å². The highest BCUT2D eigenvalue weighted by atomic mass is 32.2. The fourth-order valence-electron chi connectivity index (χ4n) is 6.78. The maximum absolute atomic E-state index is 11.2. The largest absolute Gasteiger partial charge is 0.481 e. The van der Waals surface area contributed by atoms with E-state index in [9.17, 15) is 20.1 Å². The zero-order valence-electron chi connectivity index (χ0n) is 36.3. The molecule has 0 aliphatic heterocycles. The summed E-state index contributed by atoms with van der Waals surface area (Å²) >= 11 is 6.94. The van der Waals surface area contributed by atoms with E-state index in [1.54, 1.807) is 53.1 Å². The molecule has 0 aliphatic carbocycles. The van der Waals surface area contributed by atoms with E-state index in [1.165, 1.54) is 22.3 Å². The van der Waals surface area contributed by atoms with Crippen LogP contribution in [0.2, 0.25) is 0 Å². The quantitative estimate of drug-likeness (QED) is 0.0780. The van der Waals surface area contributed by atoms with Crippen LogP contribution < -0.4 is 0 Å². The van der Waals surface area contributed by atoms with Crippen molar-refractivity contribution >= 4 is 70.0 Å². The van der Waals surface area contributed by atoms with Crippen LogP contribution in [0.25, 0.3) is 17.0 Å². The average molecular weight is 888 g/mol. The van der Waals surface area contributed by atoms with Gasteiger partial charge in [-0.3, -0.25) is 9.78 Å². The summed E-state index contributed by atoms with van der Waals surface area (Å²) in [7, 11) is 0. The van der Waals surface area contributed by atoms with E-state index in [0.29, 0.717) is 23.7 Å². The molecule has 0 saturated heterocycles.